The lowest BCUT2D eigenvalue weighted by molar-refractivity contribution is -0.00782. The van der Waals surface area contributed by atoms with Crippen molar-refractivity contribution in [3.8, 4) is 0 Å². The first kappa shape index (κ1) is 13.9. The third-order valence-corrected chi connectivity index (χ3v) is 7.82. The molecule has 17 heavy (non-hydrogen) atoms. The lowest BCUT2D eigenvalue weighted by Crippen LogP contribution is -2.48. The second-order valence-electron chi connectivity index (χ2n) is 6.05. The van der Waals surface area contributed by atoms with Gasteiger partial charge in [-0.25, -0.2) is 0 Å². The van der Waals surface area contributed by atoms with Gasteiger partial charge in [0, 0.05) is 0 Å². The second-order valence-corrected chi connectivity index (χ2v) is 8.97. The Hall–Kier alpha value is 0.505. The maximum Gasteiger partial charge on any atom is 0.0814 e. The topological polar surface area (TPSA) is 0 Å². The highest BCUT2D eigenvalue weighted by atomic mass is 32.2. The smallest absolute Gasteiger partial charge is 0.0814 e. The van der Waals surface area contributed by atoms with E-state index < -0.39 is 0 Å². The summed E-state index contributed by atoms with van der Waals surface area (Å²) in [6.45, 7) is 4.97. The Bertz CT molecular complexity index is 305. The van der Waals surface area contributed by atoms with Crippen molar-refractivity contribution in [3.05, 3.63) is 11.6 Å². The molecular weight excluding hydrogens is 243 g/mol. The van der Waals surface area contributed by atoms with Crippen molar-refractivity contribution < 1.29 is 0 Å². The molecule has 1 saturated carbocycles. The molecule has 1 saturated heterocycles. The van der Waals surface area contributed by atoms with Gasteiger partial charge >= 0.3 is 0 Å². The molecule has 0 aromatic heterocycles. The molecule has 0 aromatic rings. The Balaban J connectivity index is 0.00000108. The van der Waals surface area contributed by atoms with E-state index in [0.29, 0.717) is 5.41 Å². The van der Waals surface area contributed by atoms with Gasteiger partial charge < -0.3 is 0 Å². The van der Waals surface area contributed by atoms with Crippen LogP contribution in [0.4, 0.5) is 0 Å². The summed E-state index contributed by atoms with van der Waals surface area (Å²) in [5, 5.41) is 0. The van der Waals surface area contributed by atoms with Crippen molar-refractivity contribution in [2.24, 2.45) is 17.3 Å². The molecule has 0 N–H and O–H groups in total. The molecule has 0 amide bonds. The largest absolute Gasteiger partial charge is 0.147 e. The van der Waals surface area contributed by atoms with Gasteiger partial charge in [0.05, 0.1) is 13.0 Å². The van der Waals surface area contributed by atoms with Gasteiger partial charge in [-0.1, -0.05) is 25.5 Å². The van der Waals surface area contributed by atoms with Gasteiger partial charge in [0.2, 0.25) is 0 Å². The summed E-state index contributed by atoms with van der Waals surface area (Å²) in [6.07, 6.45) is 8.22. The van der Waals surface area contributed by atoms with E-state index in [0.717, 1.165) is 16.4 Å². The van der Waals surface area contributed by atoms with E-state index in [1.54, 1.807) is 5.57 Å². The SMILES string of the molecule is B.CC1(C)C2CC=C(CC3SCCCS3)C1C2. The molecule has 3 aliphatic carbocycles. The Morgan fingerprint density at radius 3 is 2.59 bits per heavy atom. The van der Waals surface area contributed by atoms with Gasteiger partial charge in [-0.2, -0.15) is 0 Å². The van der Waals surface area contributed by atoms with Crippen LogP contribution in [0, 0.1) is 17.3 Å². The summed E-state index contributed by atoms with van der Waals surface area (Å²) in [6, 6.07) is 0. The fourth-order valence-corrected chi connectivity index (χ4v) is 6.47. The normalized spacial score (nSPS) is 35.5. The van der Waals surface area contributed by atoms with E-state index in [1.807, 2.05) is 0 Å². The summed E-state index contributed by atoms with van der Waals surface area (Å²) in [5.41, 5.74) is 2.42. The van der Waals surface area contributed by atoms with Crippen LogP contribution < -0.4 is 0 Å². The van der Waals surface area contributed by atoms with Gasteiger partial charge in [0.15, 0.2) is 0 Å². The molecule has 2 bridgehead atoms. The maximum absolute atomic E-state index is 2.58. The van der Waals surface area contributed by atoms with E-state index in [1.165, 1.54) is 37.2 Å². The van der Waals surface area contributed by atoms with Crippen LogP contribution in [0.5, 0.6) is 0 Å². The molecular formula is C14H25BS2. The highest BCUT2D eigenvalue weighted by Gasteiger charge is 2.51. The predicted molar refractivity (Wildman–Crippen MR) is 86.0 cm³/mol. The molecule has 1 aliphatic heterocycles. The number of hydrogen-bond acceptors (Lipinski definition) is 2. The highest BCUT2D eigenvalue weighted by molar-refractivity contribution is 8.17. The second kappa shape index (κ2) is 5.24. The van der Waals surface area contributed by atoms with Crippen LogP contribution in [-0.2, 0) is 0 Å². The summed E-state index contributed by atoms with van der Waals surface area (Å²) in [4.78, 5) is 0. The summed E-state index contributed by atoms with van der Waals surface area (Å²) < 4.78 is 0.868. The number of rotatable bonds is 2. The quantitative estimate of drug-likeness (QED) is 0.556. The lowest BCUT2D eigenvalue weighted by atomic mass is 9.48. The molecule has 96 valence electrons. The van der Waals surface area contributed by atoms with Crippen molar-refractivity contribution in [2.75, 3.05) is 11.5 Å². The zero-order valence-electron chi connectivity index (χ0n) is 10.4. The number of thioether (sulfide) groups is 2. The maximum atomic E-state index is 2.58. The number of allylic oxidation sites excluding steroid dienone is 2. The van der Waals surface area contributed by atoms with Gasteiger partial charge in [0.1, 0.15) is 0 Å². The molecule has 2 atom stereocenters. The van der Waals surface area contributed by atoms with E-state index in [2.05, 4.69) is 43.4 Å². The van der Waals surface area contributed by atoms with Gasteiger partial charge in [0.25, 0.3) is 0 Å². The third kappa shape index (κ3) is 2.47. The molecule has 0 aromatic carbocycles. The molecule has 0 radical (unpaired) electrons. The molecule has 4 rings (SSSR count). The summed E-state index contributed by atoms with van der Waals surface area (Å²) in [5.74, 6) is 4.70. The highest BCUT2D eigenvalue weighted by Crippen LogP contribution is 2.60. The first-order chi connectivity index (χ1) is 7.68. The molecule has 2 unspecified atom stereocenters. The molecule has 3 heteroatoms. The third-order valence-electron chi connectivity index (χ3n) is 4.88. The minimum absolute atomic E-state index is 0. The Morgan fingerprint density at radius 1 is 1.29 bits per heavy atom. The van der Waals surface area contributed by atoms with Crippen LogP contribution in [0.1, 0.15) is 39.5 Å². The zero-order valence-corrected chi connectivity index (χ0v) is 12.0. The Labute approximate surface area is 116 Å². The first-order valence-corrected chi connectivity index (χ1v) is 8.70. The van der Waals surface area contributed by atoms with E-state index >= 15 is 0 Å². The van der Waals surface area contributed by atoms with Crippen molar-refractivity contribution in [1.82, 2.24) is 0 Å². The monoisotopic (exact) mass is 268 g/mol. The van der Waals surface area contributed by atoms with Crippen molar-refractivity contribution in [2.45, 2.75) is 44.1 Å². The molecule has 2 fully saturated rings. The average Bonchev–Trinajstić information content (AvgIpc) is 2.30. The van der Waals surface area contributed by atoms with E-state index in [9.17, 15) is 0 Å². The number of fused-ring (bicyclic) bond motifs is 1. The van der Waals surface area contributed by atoms with Crippen molar-refractivity contribution in [3.63, 3.8) is 0 Å². The Kier molecular flexibility index (Phi) is 4.30. The van der Waals surface area contributed by atoms with Crippen molar-refractivity contribution >= 4 is 31.9 Å². The van der Waals surface area contributed by atoms with Crippen LogP contribution in [0.3, 0.4) is 0 Å². The van der Waals surface area contributed by atoms with Crippen LogP contribution >= 0.6 is 23.5 Å². The first-order valence-electron chi connectivity index (χ1n) is 6.60. The van der Waals surface area contributed by atoms with Crippen LogP contribution in [-0.4, -0.2) is 24.5 Å². The standard InChI is InChI=1S/C14H22S2.BH3/c1-14(2)11-5-4-10(12(14)9-11)8-13-15-6-3-7-16-13;/h4,11-13H,3,5-9H2,1-2H3;1H3. The van der Waals surface area contributed by atoms with E-state index in [4.69, 9.17) is 0 Å². The molecule has 0 nitrogen and oxygen atoms in total. The number of hydrogen-bond donors (Lipinski definition) is 0. The van der Waals surface area contributed by atoms with Crippen molar-refractivity contribution in [1.29, 1.82) is 0 Å². The zero-order chi connectivity index (χ0) is 11.2. The van der Waals surface area contributed by atoms with Gasteiger partial charge in [-0.05, 0) is 54.4 Å². The summed E-state index contributed by atoms with van der Waals surface area (Å²) in [7, 11) is 0. The molecule has 1 heterocycles. The fraction of sp³-hybridized carbons (Fsp3) is 0.857. The van der Waals surface area contributed by atoms with Gasteiger partial charge in [-0.15, -0.1) is 23.5 Å². The molecule has 0 spiro atoms. The lowest BCUT2D eigenvalue weighted by Gasteiger charge is -2.57. The average molecular weight is 268 g/mol. The van der Waals surface area contributed by atoms with E-state index in [-0.39, 0.29) is 8.41 Å². The predicted octanol–water partition coefficient (Wildman–Crippen LogP) is 3.38. The van der Waals surface area contributed by atoms with Crippen LogP contribution in [0.2, 0.25) is 0 Å². The van der Waals surface area contributed by atoms with Crippen LogP contribution in [0.15, 0.2) is 11.6 Å². The molecule has 4 aliphatic rings. The Morgan fingerprint density at radius 2 is 2.00 bits per heavy atom. The van der Waals surface area contributed by atoms with Gasteiger partial charge in [-0.3, -0.25) is 0 Å². The minimum atomic E-state index is 0. The minimum Gasteiger partial charge on any atom is -0.147 e. The summed E-state index contributed by atoms with van der Waals surface area (Å²) >= 11 is 4.40. The fourth-order valence-electron chi connectivity index (χ4n) is 3.55. The van der Waals surface area contributed by atoms with Crippen LogP contribution in [0.25, 0.3) is 0 Å².